The van der Waals surface area contributed by atoms with Crippen LogP contribution in [0, 0.1) is 0 Å². The minimum atomic E-state index is -0.545. The van der Waals surface area contributed by atoms with Crippen LogP contribution in [0.2, 0.25) is 0 Å². The Morgan fingerprint density at radius 3 is 2.27 bits per heavy atom. The number of unbranched alkanes of at least 4 members (excludes halogenated alkanes) is 4. The molecule has 4 heteroatoms. The first-order chi connectivity index (χ1) is 10.6. The van der Waals surface area contributed by atoms with E-state index in [1.54, 1.807) is 0 Å². The molecule has 0 fully saturated rings. The highest BCUT2D eigenvalue weighted by atomic mass is 16.2. The molecule has 0 saturated heterocycles. The summed E-state index contributed by atoms with van der Waals surface area (Å²) < 4.78 is 0. The molecule has 0 aliphatic rings. The van der Waals surface area contributed by atoms with Crippen LogP contribution in [-0.2, 0) is 9.59 Å². The largest absolute Gasteiger partial charge is 0.348 e. The summed E-state index contributed by atoms with van der Waals surface area (Å²) in [5.41, 5.74) is 1.15. The van der Waals surface area contributed by atoms with Gasteiger partial charge in [-0.25, -0.2) is 0 Å². The maximum Gasteiger partial charge on any atom is 0.309 e. The van der Waals surface area contributed by atoms with E-state index >= 15 is 0 Å². The molecule has 4 nitrogen and oxygen atoms in total. The third kappa shape index (κ3) is 7.25. The zero-order valence-corrected chi connectivity index (χ0v) is 13.7. The molecule has 0 unspecified atom stereocenters. The van der Waals surface area contributed by atoms with Gasteiger partial charge < -0.3 is 10.6 Å². The van der Waals surface area contributed by atoms with Crippen molar-refractivity contribution < 1.29 is 9.59 Å². The van der Waals surface area contributed by atoms with Gasteiger partial charge in [0.2, 0.25) is 0 Å². The summed E-state index contributed by atoms with van der Waals surface area (Å²) >= 11 is 0. The number of rotatable bonds is 9. The average Bonchev–Trinajstić information content (AvgIpc) is 2.56. The lowest BCUT2D eigenvalue weighted by Crippen LogP contribution is -2.41. The third-order valence-corrected chi connectivity index (χ3v) is 3.71. The van der Waals surface area contributed by atoms with E-state index in [1.165, 1.54) is 19.3 Å². The Kier molecular flexibility index (Phi) is 8.96. The fraction of sp³-hybridized carbons (Fsp3) is 0.556. The zero-order valence-electron chi connectivity index (χ0n) is 13.7. The molecule has 0 aliphatic carbocycles. The number of carbonyl (C=O) groups excluding carboxylic acids is 2. The summed E-state index contributed by atoms with van der Waals surface area (Å²) in [6.45, 7) is 5.24. The second-order valence-electron chi connectivity index (χ2n) is 5.69. The van der Waals surface area contributed by atoms with Crippen molar-refractivity contribution in [2.75, 3.05) is 13.1 Å². The Hall–Kier alpha value is -1.84. The van der Waals surface area contributed by atoms with Crippen molar-refractivity contribution in [3.8, 4) is 0 Å². The number of carbonyl (C=O) groups is 2. The van der Waals surface area contributed by atoms with Crippen molar-refractivity contribution in [1.29, 1.82) is 0 Å². The number of nitrogens with one attached hydrogen (secondary N) is 2. The first kappa shape index (κ1) is 18.2. The Morgan fingerprint density at radius 1 is 0.955 bits per heavy atom. The molecule has 0 bridgehead atoms. The zero-order chi connectivity index (χ0) is 16.2. The third-order valence-electron chi connectivity index (χ3n) is 3.71. The van der Waals surface area contributed by atoms with E-state index in [0.717, 1.165) is 18.4 Å². The van der Waals surface area contributed by atoms with Crippen molar-refractivity contribution in [2.45, 2.75) is 51.9 Å². The summed E-state index contributed by atoms with van der Waals surface area (Å²) in [5, 5.41) is 5.36. The van der Waals surface area contributed by atoms with E-state index in [9.17, 15) is 9.59 Å². The van der Waals surface area contributed by atoms with Gasteiger partial charge in [-0.3, -0.25) is 9.59 Å². The SMILES string of the molecule is CCCCCCCNC(=O)C(=O)NC[C@@H](C)c1ccccc1. The van der Waals surface area contributed by atoms with Crippen LogP contribution < -0.4 is 10.6 Å². The van der Waals surface area contributed by atoms with Gasteiger partial charge in [-0.05, 0) is 17.9 Å². The molecule has 0 aliphatic heterocycles. The van der Waals surface area contributed by atoms with E-state index in [0.29, 0.717) is 13.1 Å². The first-order valence-electron chi connectivity index (χ1n) is 8.26. The molecule has 0 saturated carbocycles. The molecule has 1 aromatic carbocycles. The van der Waals surface area contributed by atoms with Crippen LogP contribution >= 0.6 is 0 Å². The molecule has 22 heavy (non-hydrogen) atoms. The predicted molar refractivity (Wildman–Crippen MR) is 89.6 cm³/mol. The van der Waals surface area contributed by atoms with E-state index in [-0.39, 0.29) is 5.92 Å². The van der Waals surface area contributed by atoms with Crippen LogP contribution in [0.3, 0.4) is 0 Å². The van der Waals surface area contributed by atoms with Gasteiger partial charge in [-0.2, -0.15) is 0 Å². The van der Waals surface area contributed by atoms with E-state index in [2.05, 4.69) is 17.6 Å². The van der Waals surface area contributed by atoms with Gasteiger partial charge in [0.25, 0.3) is 0 Å². The van der Waals surface area contributed by atoms with Gasteiger partial charge in [0, 0.05) is 13.1 Å². The number of hydrogen-bond acceptors (Lipinski definition) is 2. The summed E-state index contributed by atoms with van der Waals surface area (Å²) in [7, 11) is 0. The minimum Gasteiger partial charge on any atom is -0.348 e. The smallest absolute Gasteiger partial charge is 0.309 e. The van der Waals surface area contributed by atoms with Gasteiger partial charge in [0.1, 0.15) is 0 Å². The Labute approximate surface area is 133 Å². The highest BCUT2D eigenvalue weighted by molar-refractivity contribution is 6.35. The van der Waals surface area contributed by atoms with Crippen LogP contribution in [0.15, 0.2) is 30.3 Å². The van der Waals surface area contributed by atoms with Crippen LogP contribution in [0.25, 0.3) is 0 Å². The van der Waals surface area contributed by atoms with Crippen molar-refractivity contribution in [3.05, 3.63) is 35.9 Å². The number of benzene rings is 1. The maximum absolute atomic E-state index is 11.7. The molecule has 1 atom stereocenters. The molecule has 0 aromatic heterocycles. The molecule has 2 N–H and O–H groups in total. The number of hydrogen-bond donors (Lipinski definition) is 2. The van der Waals surface area contributed by atoms with Crippen LogP contribution in [-0.4, -0.2) is 24.9 Å². The van der Waals surface area contributed by atoms with Crippen molar-refractivity contribution in [3.63, 3.8) is 0 Å². The summed E-state index contributed by atoms with van der Waals surface area (Å²) in [6, 6.07) is 9.95. The fourth-order valence-corrected chi connectivity index (χ4v) is 2.24. The normalized spacial score (nSPS) is 11.7. The van der Waals surface area contributed by atoms with Crippen LogP contribution in [0.1, 0.15) is 57.4 Å². The van der Waals surface area contributed by atoms with Gasteiger partial charge >= 0.3 is 11.8 Å². The average molecular weight is 304 g/mol. The molecule has 0 radical (unpaired) electrons. The lowest BCUT2D eigenvalue weighted by atomic mass is 10.0. The monoisotopic (exact) mass is 304 g/mol. The van der Waals surface area contributed by atoms with Crippen molar-refractivity contribution in [2.24, 2.45) is 0 Å². The Bertz CT molecular complexity index is 446. The standard InChI is InChI=1S/C18H28N2O2/c1-3-4-5-6-10-13-19-17(21)18(22)20-14-15(2)16-11-8-7-9-12-16/h7-9,11-12,15H,3-6,10,13-14H2,1-2H3,(H,19,21)(H,20,22)/t15-/m1/s1. The predicted octanol–water partition coefficient (Wildman–Crippen LogP) is 2.99. The van der Waals surface area contributed by atoms with Gasteiger partial charge in [0.15, 0.2) is 0 Å². The lowest BCUT2D eigenvalue weighted by Gasteiger charge is -2.13. The van der Waals surface area contributed by atoms with E-state index in [4.69, 9.17) is 0 Å². The van der Waals surface area contributed by atoms with Crippen LogP contribution in [0.5, 0.6) is 0 Å². The molecular weight excluding hydrogens is 276 g/mol. The number of amides is 2. The first-order valence-corrected chi connectivity index (χ1v) is 8.26. The summed E-state index contributed by atoms with van der Waals surface area (Å²) in [4.78, 5) is 23.4. The van der Waals surface area contributed by atoms with E-state index in [1.807, 2.05) is 37.3 Å². The minimum absolute atomic E-state index is 0.187. The van der Waals surface area contributed by atoms with Gasteiger partial charge in [0.05, 0.1) is 0 Å². The van der Waals surface area contributed by atoms with Crippen molar-refractivity contribution >= 4 is 11.8 Å². The summed E-state index contributed by atoms with van der Waals surface area (Å²) in [6.07, 6.45) is 5.65. The maximum atomic E-state index is 11.7. The molecule has 0 heterocycles. The van der Waals surface area contributed by atoms with E-state index < -0.39 is 11.8 Å². The molecular formula is C18H28N2O2. The van der Waals surface area contributed by atoms with Crippen molar-refractivity contribution in [1.82, 2.24) is 10.6 Å². The molecule has 0 spiro atoms. The summed E-state index contributed by atoms with van der Waals surface area (Å²) in [5.74, 6) is -0.890. The second-order valence-corrected chi connectivity index (χ2v) is 5.69. The molecule has 2 amide bonds. The van der Waals surface area contributed by atoms with Gasteiger partial charge in [-0.15, -0.1) is 0 Å². The lowest BCUT2D eigenvalue weighted by molar-refractivity contribution is -0.139. The van der Waals surface area contributed by atoms with Crippen LogP contribution in [0.4, 0.5) is 0 Å². The molecule has 1 rings (SSSR count). The van der Waals surface area contributed by atoms with Gasteiger partial charge in [-0.1, -0.05) is 69.9 Å². The second kappa shape index (κ2) is 10.8. The highest BCUT2D eigenvalue weighted by Gasteiger charge is 2.14. The molecule has 1 aromatic rings. The highest BCUT2D eigenvalue weighted by Crippen LogP contribution is 2.12. The Morgan fingerprint density at radius 2 is 1.59 bits per heavy atom. The Balaban J connectivity index is 2.17. The quantitative estimate of drug-likeness (QED) is 0.544. The topological polar surface area (TPSA) is 58.2 Å². The molecule has 122 valence electrons. The fourth-order valence-electron chi connectivity index (χ4n) is 2.24.